The third kappa shape index (κ3) is 2.29. The van der Waals surface area contributed by atoms with Crippen molar-refractivity contribution in [1.82, 2.24) is 4.90 Å². The Morgan fingerprint density at radius 1 is 1.30 bits per heavy atom. The van der Waals surface area contributed by atoms with Gasteiger partial charge >= 0.3 is 0 Å². The predicted molar refractivity (Wildman–Crippen MR) is 81.9 cm³/mol. The van der Waals surface area contributed by atoms with Gasteiger partial charge in [-0.25, -0.2) is 0 Å². The largest absolute Gasteiger partial charge is 0.390 e. The molecular weight excluding hydrogens is 318 g/mol. The predicted octanol–water partition coefficient (Wildman–Crippen LogP) is 2.47. The van der Waals surface area contributed by atoms with Crippen molar-refractivity contribution in [3.63, 3.8) is 0 Å². The van der Waals surface area contributed by atoms with Crippen LogP contribution in [0.5, 0.6) is 0 Å². The summed E-state index contributed by atoms with van der Waals surface area (Å²) in [6.07, 6.45) is 2.19. The highest BCUT2D eigenvalue weighted by atomic mass is 79.9. The Morgan fingerprint density at radius 3 is 2.35 bits per heavy atom. The van der Waals surface area contributed by atoms with E-state index in [9.17, 15) is 9.90 Å². The average Bonchev–Trinajstić information content (AvgIpc) is 3.12. The van der Waals surface area contributed by atoms with Crippen LogP contribution < -0.4 is 0 Å². The highest BCUT2D eigenvalue weighted by Gasteiger charge is 2.61. The Labute approximate surface area is 128 Å². The molecule has 1 N–H and O–H groups in total. The van der Waals surface area contributed by atoms with Crippen LogP contribution in [0, 0.1) is 0 Å². The summed E-state index contributed by atoms with van der Waals surface area (Å²) < 4.78 is 0. The summed E-state index contributed by atoms with van der Waals surface area (Å²) in [6.45, 7) is 3.16. The number of alkyl halides is 1. The molecule has 2 fully saturated rings. The van der Waals surface area contributed by atoms with E-state index in [4.69, 9.17) is 0 Å². The summed E-state index contributed by atoms with van der Waals surface area (Å²) in [5.74, 6) is 0.209. The van der Waals surface area contributed by atoms with Crippen molar-refractivity contribution >= 4 is 21.8 Å². The topological polar surface area (TPSA) is 40.5 Å². The molecule has 1 aromatic rings. The molecule has 2 aliphatic rings. The van der Waals surface area contributed by atoms with Crippen molar-refractivity contribution in [3.05, 3.63) is 35.9 Å². The normalized spacial score (nSPS) is 31.9. The van der Waals surface area contributed by atoms with Gasteiger partial charge in [-0.3, -0.25) is 4.79 Å². The Bertz CT molecular complexity index is 506. The van der Waals surface area contributed by atoms with Gasteiger partial charge < -0.3 is 10.0 Å². The maximum atomic E-state index is 12.9. The standard InChI is InChI=1S/C16H20BrNO2/c1-15(20)7-9-18(10-8-15)14(19)16(11-13(16)17)12-5-3-2-4-6-12/h2-6,13,20H,7-11H2,1H3. The smallest absolute Gasteiger partial charge is 0.234 e. The van der Waals surface area contributed by atoms with E-state index in [2.05, 4.69) is 15.9 Å². The summed E-state index contributed by atoms with van der Waals surface area (Å²) in [5, 5.41) is 10.0. The third-order valence-corrected chi connectivity index (χ3v) is 5.78. The van der Waals surface area contributed by atoms with Gasteiger partial charge in [-0.1, -0.05) is 46.3 Å². The molecule has 0 radical (unpaired) electrons. The second-order valence-corrected chi connectivity index (χ2v) is 7.40. The van der Waals surface area contributed by atoms with Crippen LogP contribution in [-0.2, 0) is 10.2 Å². The number of carbonyl (C=O) groups is 1. The minimum atomic E-state index is -0.617. The molecule has 4 heteroatoms. The Morgan fingerprint density at radius 2 is 1.85 bits per heavy atom. The van der Waals surface area contributed by atoms with Crippen LogP contribution in [-0.4, -0.2) is 39.4 Å². The number of hydrogen-bond donors (Lipinski definition) is 1. The molecule has 0 bridgehead atoms. The summed E-state index contributed by atoms with van der Waals surface area (Å²) in [4.78, 5) is 15.1. The quantitative estimate of drug-likeness (QED) is 0.842. The molecular formula is C16H20BrNO2. The highest BCUT2D eigenvalue weighted by Crippen LogP contribution is 2.54. The molecule has 1 aliphatic carbocycles. The number of benzene rings is 1. The maximum Gasteiger partial charge on any atom is 0.234 e. The lowest BCUT2D eigenvalue weighted by molar-refractivity contribution is -0.137. The summed E-state index contributed by atoms with van der Waals surface area (Å²) in [6, 6.07) is 10.0. The van der Waals surface area contributed by atoms with Crippen molar-refractivity contribution in [2.75, 3.05) is 13.1 Å². The fraction of sp³-hybridized carbons (Fsp3) is 0.562. The number of hydrogen-bond acceptors (Lipinski definition) is 2. The van der Waals surface area contributed by atoms with E-state index in [1.54, 1.807) is 0 Å². The number of piperidine rings is 1. The number of aliphatic hydroxyl groups is 1. The van der Waals surface area contributed by atoms with Gasteiger partial charge in [0.25, 0.3) is 0 Å². The molecule has 0 spiro atoms. The first-order valence-electron chi connectivity index (χ1n) is 7.17. The molecule has 1 saturated heterocycles. The van der Waals surface area contributed by atoms with Gasteiger partial charge in [0.2, 0.25) is 5.91 Å². The molecule has 20 heavy (non-hydrogen) atoms. The van der Waals surface area contributed by atoms with Crippen LogP contribution >= 0.6 is 15.9 Å². The maximum absolute atomic E-state index is 12.9. The SMILES string of the molecule is CC1(O)CCN(C(=O)C2(c3ccccc3)CC2Br)CC1. The van der Waals surface area contributed by atoms with Crippen LogP contribution in [0.1, 0.15) is 31.7 Å². The summed E-state index contributed by atoms with van der Waals surface area (Å²) in [7, 11) is 0. The number of carbonyl (C=O) groups excluding carboxylic acids is 1. The molecule has 1 heterocycles. The molecule has 3 nitrogen and oxygen atoms in total. The molecule has 0 aromatic heterocycles. The highest BCUT2D eigenvalue weighted by molar-refractivity contribution is 9.09. The minimum absolute atomic E-state index is 0.209. The molecule has 2 atom stereocenters. The van der Waals surface area contributed by atoms with Gasteiger partial charge in [0, 0.05) is 17.9 Å². The molecule has 1 amide bonds. The zero-order valence-electron chi connectivity index (χ0n) is 11.7. The zero-order valence-corrected chi connectivity index (χ0v) is 13.3. The van der Waals surface area contributed by atoms with Crippen LogP contribution in [0.3, 0.4) is 0 Å². The Hall–Kier alpha value is -0.870. The van der Waals surface area contributed by atoms with E-state index >= 15 is 0 Å². The van der Waals surface area contributed by atoms with E-state index in [1.807, 2.05) is 42.2 Å². The third-order valence-electron chi connectivity index (χ3n) is 4.67. The van der Waals surface area contributed by atoms with Gasteiger partial charge in [0.1, 0.15) is 0 Å². The average molecular weight is 338 g/mol. The van der Waals surface area contributed by atoms with Gasteiger partial charge in [-0.2, -0.15) is 0 Å². The molecule has 1 aromatic carbocycles. The van der Waals surface area contributed by atoms with Gasteiger partial charge in [0.05, 0.1) is 11.0 Å². The van der Waals surface area contributed by atoms with E-state index in [-0.39, 0.29) is 16.1 Å². The van der Waals surface area contributed by atoms with Crippen LogP contribution in [0.25, 0.3) is 0 Å². The van der Waals surface area contributed by atoms with Gasteiger partial charge in [-0.15, -0.1) is 0 Å². The summed E-state index contributed by atoms with van der Waals surface area (Å²) >= 11 is 3.64. The number of amides is 1. The minimum Gasteiger partial charge on any atom is -0.390 e. The van der Waals surface area contributed by atoms with Crippen molar-refractivity contribution in [1.29, 1.82) is 0 Å². The molecule has 3 rings (SSSR count). The zero-order chi connectivity index (χ0) is 14.4. The van der Waals surface area contributed by atoms with Crippen molar-refractivity contribution in [2.45, 2.75) is 42.0 Å². The van der Waals surface area contributed by atoms with E-state index in [0.29, 0.717) is 25.9 Å². The van der Waals surface area contributed by atoms with E-state index in [0.717, 1.165) is 12.0 Å². The van der Waals surface area contributed by atoms with Crippen LogP contribution in [0.4, 0.5) is 0 Å². The lowest BCUT2D eigenvalue weighted by Crippen LogP contribution is -2.49. The Kier molecular flexibility index (Phi) is 3.41. The first kappa shape index (κ1) is 14.1. The lowest BCUT2D eigenvalue weighted by Gasteiger charge is -2.37. The Balaban J connectivity index is 1.80. The van der Waals surface area contributed by atoms with Crippen molar-refractivity contribution < 1.29 is 9.90 Å². The monoisotopic (exact) mass is 337 g/mol. The number of rotatable bonds is 2. The molecule has 2 unspecified atom stereocenters. The molecule has 1 saturated carbocycles. The molecule has 1 aliphatic heterocycles. The lowest BCUT2D eigenvalue weighted by atomic mass is 9.90. The number of likely N-dealkylation sites (tertiary alicyclic amines) is 1. The van der Waals surface area contributed by atoms with Crippen LogP contribution in [0.15, 0.2) is 30.3 Å². The van der Waals surface area contributed by atoms with E-state index in [1.165, 1.54) is 0 Å². The second-order valence-electron chi connectivity index (χ2n) is 6.30. The fourth-order valence-corrected chi connectivity index (χ4v) is 4.05. The summed E-state index contributed by atoms with van der Waals surface area (Å²) in [5.41, 5.74) is 0.0996. The van der Waals surface area contributed by atoms with Crippen molar-refractivity contribution in [2.24, 2.45) is 0 Å². The van der Waals surface area contributed by atoms with Crippen LogP contribution in [0.2, 0.25) is 0 Å². The number of nitrogens with zero attached hydrogens (tertiary/aromatic N) is 1. The second kappa shape index (κ2) is 4.85. The first-order chi connectivity index (χ1) is 9.46. The van der Waals surface area contributed by atoms with Crippen molar-refractivity contribution in [3.8, 4) is 0 Å². The fourth-order valence-electron chi connectivity index (χ4n) is 3.08. The van der Waals surface area contributed by atoms with Gasteiger partial charge in [0.15, 0.2) is 0 Å². The van der Waals surface area contributed by atoms with Gasteiger partial charge in [-0.05, 0) is 31.7 Å². The molecule has 108 valence electrons. The first-order valence-corrected chi connectivity index (χ1v) is 8.09. The number of halogens is 1. The van der Waals surface area contributed by atoms with E-state index < -0.39 is 5.60 Å².